The lowest BCUT2D eigenvalue weighted by Crippen LogP contribution is -2.16. The molecule has 0 amide bonds. The summed E-state index contributed by atoms with van der Waals surface area (Å²) in [6.45, 7) is 2.07. The Hall–Kier alpha value is -2.63. The molecule has 2 aromatic carbocycles. The first-order chi connectivity index (χ1) is 12.6. The van der Waals surface area contributed by atoms with E-state index >= 15 is 0 Å². The maximum atomic E-state index is 12.2. The maximum Gasteiger partial charge on any atom is 0.259 e. The molecule has 26 heavy (non-hydrogen) atoms. The van der Waals surface area contributed by atoms with E-state index in [2.05, 4.69) is 4.98 Å². The normalized spacial score (nSPS) is 11.0. The van der Waals surface area contributed by atoms with E-state index in [4.69, 9.17) is 16.3 Å². The van der Waals surface area contributed by atoms with Crippen LogP contribution in [0.3, 0.4) is 0 Å². The number of halogens is 1. The van der Waals surface area contributed by atoms with Gasteiger partial charge in [-0.3, -0.25) is 9.20 Å². The van der Waals surface area contributed by atoms with Crippen molar-refractivity contribution < 1.29 is 4.74 Å². The van der Waals surface area contributed by atoms with E-state index < -0.39 is 0 Å². The van der Waals surface area contributed by atoms with Crippen LogP contribution < -0.4 is 10.3 Å². The molecule has 6 heteroatoms. The molecule has 130 valence electrons. The monoisotopic (exact) mass is 382 g/mol. The number of hydrogen-bond donors (Lipinski definition) is 0. The predicted molar refractivity (Wildman–Crippen MR) is 105 cm³/mol. The topological polar surface area (TPSA) is 43.6 Å². The molecule has 4 nitrogen and oxygen atoms in total. The highest BCUT2D eigenvalue weighted by atomic mass is 35.5. The van der Waals surface area contributed by atoms with Gasteiger partial charge in [0.05, 0.1) is 10.7 Å². The number of thiazole rings is 1. The van der Waals surface area contributed by atoms with E-state index in [1.807, 2.05) is 60.8 Å². The van der Waals surface area contributed by atoms with E-state index in [-0.39, 0.29) is 12.2 Å². The summed E-state index contributed by atoms with van der Waals surface area (Å²) >= 11 is 7.80. The molecule has 4 aromatic rings. The lowest BCUT2D eigenvalue weighted by Gasteiger charge is -2.10. The van der Waals surface area contributed by atoms with Gasteiger partial charge in [0, 0.05) is 17.1 Å². The molecule has 2 heterocycles. The highest BCUT2D eigenvalue weighted by Gasteiger charge is 2.09. The Kier molecular flexibility index (Phi) is 4.49. The highest BCUT2D eigenvalue weighted by Crippen LogP contribution is 2.30. The molecule has 0 aliphatic carbocycles. The molecule has 0 saturated heterocycles. The zero-order valence-corrected chi connectivity index (χ0v) is 15.6. The molecule has 0 unspecified atom stereocenters. The van der Waals surface area contributed by atoms with Gasteiger partial charge in [-0.25, -0.2) is 4.98 Å². The number of fused-ring (bicyclic) bond motifs is 1. The second kappa shape index (κ2) is 6.94. The van der Waals surface area contributed by atoms with Crippen LogP contribution in [-0.2, 0) is 6.61 Å². The molecule has 0 radical (unpaired) electrons. The summed E-state index contributed by atoms with van der Waals surface area (Å²) in [6, 6.07) is 17.2. The van der Waals surface area contributed by atoms with Gasteiger partial charge in [-0.1, -0.05) is 48.0 Å². The van der Waals surface area contributed by atoms with Gasteiger partial charge >= 0.3 is 0 Å². The van der Waals surface area contributed by atoms with Gasteiger partial charge in [0.2, 0.25) is 0 Å². The number of ether oxygens (including phenoxy) is 1. The van der Waals surface area contributed by atoms with Crippen molar-refractivity contribution >= 4 is 27.9 Å². The summed E-state index contributed by atoms with van der Waals surface area (Å²) in [7, 11) is 0. The maximum absolute atomic E-state index is 12.2. The third-order valence-electron chi connectivity index (χ3n) is 4.04. The molecule has 0 atom stereocenters. The van der Waals surface area contributed by atoms with Crippen molar-refractivity contribution in [2.45, 2.75) is 13.5 Å². The Balaban J connectivity index is 1.56. The van der Waals surface area contributed by atoms with Crippen molar-refractivity contribution in [1.29, 1.82) is 0 Å². The number of hydrogen-bond acceptors (Lipinski definition) is 4. The van der Waals surface area contributed by atoms with Crippen LogP contribution in [0.15, 0.2) is 64.8 Å². The molecular weight excluding hydrogens is 368 g/mol. The van der Waals surface area contributed by atoms with Gasteiger partial charge in [-0.2, -0.15) is 0 Å². The quantitative estimate of drug-likeness (QED) is 0.500. The zero-order chi connectivity index (χ0) is 18.1. The van der Waals surface area contributed by atoms with Crippen molar-refractivity contribution in [3.63, 3.8) is 0 Å². The second-order valence-electron chi connectivity index (χ2n) is 5.88. The molecule has 4 rings (SSSR count). The lowest BCUT2D eigenvalue weighted by molar-refractivity contribution is 0.301. The van der Waals surface area contributed by atoms with Crippen molar-refractivity contribution in [3.8, 4) is 16.9 Å². The van der Waals surface area contributed by atoms with E-state index in [0.29, 0.717) is 21.4 Å². The average molecular weight is 383 g/mol. The summed E-state index contributed by atoms with van der Waals surface area (Å²) in [4.78, 5) is 17.4. The van der Waals surface area contributed by atoms with Crippen LogP contribution in [-0.4, -0.2) is 9.38 Å². The third kappa shape index (κ3) is 3.23. The minimum absolute atomic E-state index is 0.0992. The van der Waals surface area contributed by atoms with E-state index in [1.165, 1.54) is 17.4 Å². The molecule has 0 spiro atoms. The van der Waals surface area contributed by atoms with Crippen LogP contribution in [0.1, 0.15) is 11.4 Å². The molecule has 0 N–H and O–H groups in total. The van der Waals surface area contributed by atoms with Crippen LogP contribution in [0, 0.1) is 6.92 Å². The third-order valence-corrected chi connectivity index (χ3v) is 5.28. The fourth-order valence-corrected chi connectivity index (χ4v) is 3.88. The first kappa shape index (κ1) is 16.8. The lowest BCUT2D eigenvalue weighted by atomic mass is 10.1. The van der Waals surface area contributed by atoms with Crippen molar-refractivity contribution in [2.24, 2.45) is 0 Å². The van der Waals surface area contributed by atoms with E-state index in [0.717, 1.165) is 16.8 Å². The molecule has 0 fully saturated rings. The number of aromatic nitrogens is 2. The standard InChI is InChI=1S/C20H15ClN2O2S/c1-13-12-26-20-22-16(10-19(24)23(13)20)11-25-18-8-7-15(9-17(18)21)14-5-3-2-4-6-14/h2-10,12H,11H2,1H3. The first-order valence-electron chi connectivity index (χ1n) is 8.06. The Morgan fingerprint density at radius 1 is 1.12 bits per heavy atom. The number of aryl methyl sites for hydroxylation is 1. The average Bonchev–Trinajstić information content (AvgIpc) is 3.03. The van der Waals surface area contributed by atoms with Gasteiger partial charge < -0.3 is 4.74 Å². The van der Waals surface area contributed by atoms with Crippen LogP contribution in [0.25, 0.3) is 16.1 Å². The molecule has 2 aromatic heterocycles. The van der Waals surface area contributed by atoms with Gasteiger partial charge in [-0.15, -0.1) is 11.3 Å². The Morgan fingerprint density at radius 2 is 1.92 bits per heavy atom. The fraction of sp³-hybridized carbons (Fsp3) is 0.100. The number of rotatable bonds is 4. The van der Waals surface area contributed by atoms with Crippen molar-refractivity contribution in [2.75, 3.05) is 0 Å². The van der Waals surface area contributed by atoms with E-state index in [9.17, 15) is 4.79 Å². The summed E-state index contributed by atoms with van der Waals surface area (Å²) < 4.78 is 7.38. The smallest absolute Gasteiger partial charge is 0.259 e. The van der Waals surface area contributed by atoms with Crippen LogP contribution >= 0.6 is 22.9 Å². The van der Waals surface area contributed by atoms with E-state index in [1.54, 1.807) is 4.40 Å². The number of benzene rings is 2. The van der Waals surface area contributed by atoms with Gasteiger partial charge in [0.1, 0.15) is 12.4 Å². The number of nitrogens with zero attached hydrogens (tertiary/aromatic N) is 2. The van der Waals surface area contributed by atoms with Crippen LogP contribution in [0.4, 0.5) is 0 Å². The minimum Gasteiger partial charge on any atom is -0.486 e. The summed E-state index contributed by atoms with van der Waals surface area (Å²) in [6.07, 6.45) is 0. The highest BCUT2D eigenvalue weighted by molar-refractivity contribution is 7.15. The Bertz CT molecular complexity index is 1140. The molecular formula is C20H15ClN2O2S. The molecule has 0 aliphatic rings. The molecule has 0 aliphatic heterocycles. The SMILES string of the molecule is Cc1csc2nc(COc3ccc(-c4ccccc4)cc3Cl)cc(=O)n12. The second-order valence-corrected chi connectivity index (χ2v) is 7.12. The van der Waals surface area contributed by atoms with Gasteiger partial charge in [-0.05, 0) is 30.2 Å². The van der Waals surface area contributed by atoms with Crippen molar-refractivity contribution in [1.82, 2.24) is 9.38 Å². The van der Waals surface area contributed by atoms with Crippen LogP contribution in [0.5, 0.6) is 5.75 Å². The van der Waals surface area contributed by atoms with Crippen LogP contribution in [0.2, 0.25) is 5.02 Å². The Morgan fingerprint density at radius 3 is 2.69 bits per heavy atom. The summed E-state index contributed by atoms with van der Waals surface area (Å²) in [5.74, 6) is 0.565. The molecule has 0 saturated carbocycles. The van der Waals surface area contributed by atoms with Gasteiger partial charge in [0.15, 0.2) is 4.96 Å². The van der Waals surface area contributed by atoms with Gasteiger partial charge in [0.25, 0.3) is 5.56 Å². The first-order valence-corrected chi connectivity index (χ1v) is 9.32. The fourth-order valence-electron chi connectivity index (χ4n) is 2.75. The van der Waals surface area contributed by atoms with Crippen molar-refractivity contribution in [3.05, 3.63) is 86.7 Å². The largest absolute Gasteiger partial charge is 0.486 e. The summed E-state index contributed by atoms with van der Waals surface area (Å²) in [5, 5.41) is 2.43. The molecule has 0 bridgehead atoms. The minimum atomic E-state index is -0.0992. The summed E-state index contributed by atoms with van der Waals surface area (Å²) in [5.41, 5.74) is 3.48. The zero-order valence-electron chi connectivity index (χ0n) is 14.0. The predicted octanol–water partition coefficient (Wildman–Crippen LogP) is 4.96. The Labute approximate surface area is 159 Å².